The number of aliphatic carboxylic acids is 2. The van der Waals surface area contributed by atoms with E-state index in [0.29, 0.717) is 0 Å². The van der Waals surface area contributed by atoms with Gasteiger partial charge in [0.2, 0.25) is 6.41 Å². The molecule has 0 saturated heterocycles. The van der Waals surface area contributed by atoms with Crippen molar-refractivity contribution in [2.75, 3.05) is 0 Å². The van der Waals surface area contributed by atoms with Crippen molar-refractivity contribution in [2.24, 2.45) is 17.4 Å². The molecule has 0 aliphatic rings. The Bertz CT molecular complexity index is 175. The maximum Gasteiger partial charge on any atom is 0.321 e. The lowest BCUT2D eigenvalue weighted by Crippen LogP contribution is -2.40. The highest BCUT2D eigenvalue weighted by atomic mass is 16.4. The fraction of sp³-hybridized carbons (Fsp3) is 0.500. The van der Waals surface area contributed by atoms with Crippen molar-refractivity contribution in [1.82, 2.24) is 0 Å². The second-order valence-corrected chi connectivity index (χ2v) is 2.13. The van der Waals surface area contributed by atoms with E-state index in [2.05, 4.69) is 5.73 Å². The summed E-state index contributed by atoms with van der Waals surface area (Å²) < 4.78 is 0. The minimum atomic E-state index is -1.32. The maximum absolute atomic E-state index is 10.1. The van der Waals surface area contributed by atoms with E-state index in [0.717, 1.165) is 0 Å². The van der Waals surface area contributed by atoms with E-state index in [-0.39, 0.29) is 6.41 Å². The summed E-state index contributed by atoms with van der Waals surface area (Å²) in [5.74, 6) is -3.54. The van der Waals surface area contributed by atoms with E-state index in [1.165, 1.54) is 6.92 Å². The first-order valence-corrected chi connectivity index (χ1v) is 3.25. The molecular formula is C6H12N2O5. The van der Waals surface area contributed by atoms with Crippen LogP contribution in [0, 0.1) is 5.92 Å². The molecule has 0 aliphatic carbocycles. The van der Waals surface area contributed by atoms with Crippen molar-refractivity contribution in [3.63, 3.8) is 0 Å². The second-order valence-electron chi connectivity index (χ2n) is 2.13. The molecule has 0 aromatic rings. The van der Waals surface area contributed by atoms with E-state index in [4.69, 9.17) is 20.7 Å². The van der Waals surface area contributed by atoms with Crippen LogP contribution >= 0.6 is 0 Å². The fourth-order valence-corrected chi connectivity index (χ4v) is 0.367. The van der Waals surface area contributed by atoms with Crippen LogP contribution in [0.3, 0.4) is 0 Å². The molecule has 0 rings (SSSR count). The molecule has 6 N–H and O–H groups in total. The smallest absolute Gasteiger partial charge is 0.321 e. The van der Waals surface area contributed by atoms with Gasteiger partial charge in [0, 0.05) is 0 Å². The number of carboxylic acids is 2. The summed E-state index contributed by atoms with van der Waals surface area (Å²) in [7, 11) is 0. The predicted molar refractivity (Wildman–Crippen MR) is 42.7 cm³/mol. The van der Waals surface area contributed by atoms with E-state index in [9.17, 15) is 9.59 Å². The van der Waals surface area contributed by atoms with Gasteiger partial charge in [-0.25, -0.2) is 0 Å². The predicted octanol–water partition coefficient (Wildman–Crippen LogP) is -1.78. The third kappa shape index (κ3) is 6.76. The Balaban J connectivity index is 0. The topological polar surface area (TPSA) is 144 Å². The number of hydrogen-bond acceptors (Lipinski definition) is 4. The first kappa shape index (κ1) is 13.9. The second kappa shape index (κ2) is 7.04. The summed E-state index contributed by atoms with van der Waals surface area (Å²) in [5, 5.41) is 16.5. The number of carbonyl (C=O) groups is 3. The molecule has 13 heavy (non-hydrogen) atoms. The normalized spacial score (nSPS) is 13.1. The molecule has 7 heteroatoms. The molecule has 76 valence electrons. The van der Waals surface area contributed by atoms with Crippen LogP contribution < -0.4 is 11.5 Å². The van der Waals surface area contributed by atoms with Gasteiger partial charge in [0.1, 0.15) is 6.04 Å². The van der Waals surface area contributed by atoms with Crippen LogP contribution in [0.4, 0.5) is 0 Å². The fourth-order valence-electron chi connectivity index (χ4n) is 0.367. The average molecular weight is 192 g/mol. The van der Waals surface area contributed by atoms with Gasteiger partial charge in [-0.1, -0.05) is 0 Å². The SMILES string of the molecule is CC(C(=O)O)C(N)C(=O)O.NC=O. The zero-order chi connectivity index (χ0) is 11.0. The van der Waals surface area contributed by atoms with Gasteiger partial charge in [-0.05, 0) is 6.92 Å². The molecule has 0 radical (unpaired) electrons. The number of primary amides is 1. The number of carboxylic acid groups (broad SMARTS) is 2. The Morgan fingerprint density at radius 3 is 1.69 bits per heavy atom. The van der Waals surface area contributed by atoms with Gasteiger partial charge in [0.25, 0.3) is 0 Å². The lowest BCUT2D eigenvalue weighted by Gasteiger charge is -2.09. The zero-order valence-electron chi connectivity index (χ0n) is 7.01. The largest absolute Gasteiger partial charge is 0.481 e. The Morgan fingerprint density at radius 2 is 1.62 bits per heavy atom. The molecular weight excluding hydrogens is 180 g/mol. The Morgan fingerprint density at radius 1 is 1.31 bits per heavy atom. The van der Waals surface area contributed by atoms with Crippen LogP contribution in [0.2, 0.25) is 0 Å². The van der Waals surface area contributed by atoms with Crippen LogP contribution in [0.15, 0.2) is 0 Å². The van der Waals surface area contributed by atoms with E-state index in [1.54, 1.807) is 0 Å². The third-order valence-corrected chi connectivity index (χ3v) is 1.21. The van der Waals surface area contributed by atoms with Gasteiger partial charge in [-0.3, -0.25) is 14.4 Å². The van der Waals surface area contributed by atoms with Gasteiger partial charge < -0.3 is 21.7 Å². The molecule has 0 aromatic heterocycles. The first-order valence-electron chi connectivity index (χ1n) is 3.25. The molecule has 2 atom stereocenters. The Hall–Kier alpha value is -1.63. The van der Waals surface area contributed by atoms with Gasteiger partial charge in [0.15, 0.2) is 0 Å². The summed E-state index contributed by atoms with van der Waals surface area (Å²) in [4.78, 5) is 28.7. The first-order chi connectivity index (χ1) is 5.88. The summed E-state index contributed by atoms with van der Waals surface area (Å²) >= 11 is 0. The van der Waals surface area contributed by atoms with Crippen molar-refractivity contribution in [3.05, 3.63) is 0 Å². The van der Waals surface area contributed by atoms with E-state index >= 15 is 0 Å². The number of amides is 1. The number of rotatable bonds is 3. The summed E-state index contributed by atoms with van der Waals surface area (Å²) in [5.41, 5.74) is 9.15. The summed E-state index contributed by atoms with van der Waals surface area (Å²) in [6, 6.07) is -1.32. The Labute approximate surface area is 74.3 Å². The highest BCUT2D eigenvalue weighted by molar-refractivity contribution is 5.82. The number of hydrogen-bond donors (Lipinski definition) is 4. The van der Waals surface area contributed by atoms with Gasteiger partial charge in [-0.2, -0.15) is 0 Å². The number of nitrogens with two attached hydrogens (primary N) is 2. The standard InChI is InChI=1S/C5H9NO4.CH3NO/c1-2(4(7)8)3(6)5(9)10;2-1-3/h2-3H,6H2,1H3,(H,7,8)(H,9,10);1H,(H2,2,3). The molecule has 0 saturated carbocycles. The van der Waals surface area contributed by atoms with Crippen LogP contribution in [-0.4, -0.2) is 34.6 Å². The van der Waals surface area contributed by atoms with Crippen molar-refractivity contribution >= 4 is 18.3 Å². The highest BCUT2D eigenvalue weighted by Crippen LogP contribution is 1.99. The average Bonchev–Trinajstić information content (AvgIpc) is 2.03. The van der Waals surface area contributed by atoms with Gasteiger partial charge >= 0.3 is 11.9 Å². The van der Waals surface area contributed by atoms with Crippen LogP contribution in [0.25, 0.3) is 0 Å². The lowest BCUT2D eigenvalue weighted by molar-refractivity contribution is -0.149. The molecule has 7 nitrogen and oxygen atoms in total. The number of carbonyl (C=O) groups excluding carboxylic acids is 1. The molecule has 0 heterocycles. The van der Waals surface area contributed by atoms with Gasteiger partial charge in [-0.15, -0.1) is 0 Å². The molecule has 2 unspecified atom stereocenters. The molecule has 0 fully saturated rings. The molecule has 0 aliphatic heterocycles. The summed E-state index contributed by atoms with van der Waals surface area (Å²) in [6.45, 7) is 1.25. The van der Waals surface area contributed by atoms with Crippen LogP contribution in [0.5, 0.6) is 0 Å². The van der Waals surface area contributed by atoms with Crippen molar-refractivity contribution < 1.29 is 24.6 Å². The Kier molecular flexibility index (Phi) is 7.54. The van der Waals surface area contributed by atoms with Crippen molar-refractivity contribution in [3.8, 4) is 0 Å². The molecule has 1 amide bonds. The van der Waals surface area contributed by atoms with Crippen molar-refractivity contribution in [2.45, 2.75) is 13.0 Å². The summed E-state index contributed by atoms with van der Waals surface area (Å²) in [6.07, 6.45) is 0.250. The van der Waals surface area contributed by atoms with Gasteiger partial charge in [0.05, 0.1) is 5.92 Å². The van der Waals surface area contributed by atoms with E-state index < -0.39 is 23.9 Å². The molecule has 0 bridgehead atoms. The third-order valence-electron chi connectivity index (χ3n) is 1.21. The van der Waals surface area contributed by atoms with Crippen molar-refractivity contribution in [1.29, 1.82) is 0 Å². The molecule has 0 spiro atoms. The minimum Gasteiger partial charge on any atom is -0.481 e. The monoisotopic (exact) mass is 192 g/mol. The lowest BCUT2D eigenvalue weighted by atomic mass is 10.0. The van der Waals surface area contributed by atoms with E-state index in [1.807, 2.05) is 0 Å². The minimum absolute atomic E-state index is 0.250. The molecule has 0 aromatic carbocycles. The quantitative estimate of drug-likeness (QED) is 0.389. The van der Waals surface area contributed by atoms with Crippen LogP contribution in [-0.2, 0) is 14.4 Å². The maximum atomic E-state index is 10.1. The van der Waals surface area contributed by atoms with Crippen LogP contribution in [0.1, 0.15) is 6.92 Å². The highest BCUT2D eigenvalue weighted by Gasteiger charge is 2.25. The zero-order valence-corrected chi connectivity index (χ0v) is 7.01.